The van der Waals surface area contributed by atoms with Crippen LogP contribution in [-0.4, -0.2) is 24.9 Å². The van der Waals surface area contributed by atoms with Crippen LogP contribution in [0, 0.1) is 13.8 Å². The summed E-state index contributed by atoms with van der Waals surface area (Å²) in [7, 11) is -3.51. The van der Waals surface area contributed by atoms with E-state index < -0.39 is 10.0 Å². The van der Waals surface area contributed by atoms with Crippen LogP contribution in [0.15, 0.2) is 53.0 Å². The van der Waals surface area contributed by atoms with E-state index in [2.05, 4.69) is 14.7 Å². The van der Waals surface area contributed by atoms with E-state index in [4.69, 9.17) is 0 Å². The summed E-state index contributed by atoms with van der Waals surface area (Å²) in [4.78, 5) is 8.96. The van der Waals surface area contributed by atoms with Crippen LogP contribution in [0.25, 0.3) is 10.6 Å². The molecule has 0 bridgehead atoms. The Balaban J connectivity index is 1.64. The fourth-order valence-electron chi connectivity index (χ4n) is 2.54. The number of thiazole rings is 1. The van der Waals surface area contributed by atoms with Crippen LogP contribution in [-0.2, 0) is 16.4 Å². The van der Waals surface area contributed by atoms with Crippen molar-refractivity contribution < 1.29 is 8.42 Å². The predicted octanol–water partition coefficient (Wildman–Crippen LogP) is 3.34. The largest absolute Gasteiger partial charge is 0.264 e. The zero-order valence-corrected chi connectivity index (χ0v) is 15.7. The minimum absolute atomic E-state index is 0.311. The topological polar surface area (TPSA) is 72.0 Å². The molecule has 0 saturated heterocycles. The highest BCUT2D eigenvalue weighted by atomic mass is 32.2. The van der Waals surface area contributed by atoms with Crippen LogP contribution in [0.4, 0.5) is 0 Å². The number of benzene rings is 1. The molecule has 5 nitrogen and oxygen atoms in total. The van der Waals surface area contributed by atoms with Crippen LogP contribution in [0.1, 0.15) is 16.8 Å². The average molecular weight is 374 g/mol. The molecule has 7 heteroatoms. The van der Waals surface area contributed by atoms with E-state index in [1.165, 1.54) is 11.3 Å². The first-order chi connectivity index (χ1) is 12.0. The maximum atomic E-state index is 12.4. The van der Waals surface area contributed by atoms with E-state index in [1.807, 2.05) is 43.5 Å². The van der Waals surface area contributed by atoms with Gasteiger partial charge in [0.1, 0.15) is 5.01 Å². The van der Waals surface area contributed by atoms with Crippen molar-refractivity contribution in [3.63, 3.8) is 0 Å². The Bertz CT molecular complexity index is 967. The van der Waals surface area contributed by atoms with Crippen LogP contribution >= 0.6 is 11.3 Å². The van der Waals surface area contributed by atoms with Gasteiger partial charge in [0.25, 0.3) is 0 Å². The summed E-state index contributed by atoms with van der Waals surface area (Å²) in [5, 5.41) is 2.84. The summed E-state index contributed by atoms with van der Waals surface area (Å²) in [5.41, 5.74) is 3.63. The fraction of sp³-hybridized carbons (Fsp3) is 0.222. The molecule has 0 atom stereocenters. The second-order valence-corrected chi connectivity index (χ2v) is 8.40. The highest BCUT2D eigenvalue weighted by molar-refractivity contribution is 7.89. The highest BCUT2D eigenvalue weighted by Crippen LogP contribution is 2.23. The molecule has 2 heterocycles. The van der Waals surface area contributed by atoms with E-state index in [-0.39, 0.29) is 0 Å². The van der Waals surface area contributed by atoms with Gasteiger partial charge in [-0.1, -0.05) is 17.7 Å². The molecule has 130 valence electrons. The van der Waals surface area contributed by atoms with Gasteiger partial charge in [-0.3, -0.25) is 4.98 Å². The number of pyridine rings is 1. The zero-order valence-electron chi connectivity index (χ0n) is 14.1. The third-order valence-electron chi connectivity index (χ3n) is 3.75. The number of aryl methyl sites for hydroxylation is 2. The molecule has 0 radical (unpaired) electrons. The van der Waals surface area contributed by atoms with Gasteiger partial charge in [-0.15, -0.1) is 11.3 Å². The summed E-state index contributed by atoms with van der Waals surface area (Å²) >= 11 is 1.53. The summed E-state index contributed by atoms with van der Waals surface area (Å²) in [6.45, 7) is 4.06. The third kappa shape index (κ3) is 4.31. The lowest BCUT2D eigenvalue weighted by Crippen LogP contribution is -2.26. The second kappa shape index (κ2) is 7.43. The molecule has 2 aromatic heterocycles. The Labute approximate surface area is 151 Å². The van der Waals surface area contributed by atoms with E-state index in [0.717, 1.165) is 27.4 Å². The molecule has 0 saturated carbocycles. The summed E-state index contributed by atoms with van der Waals surface area (Å²) in [6.07, 6.45) is 4.03. The van der Waals surface area contributed by atoms with Gasteiger partial charge in [-0.25, -0.2) is 18.1 Å². The molecule has 0 aliphatic carbocycles. The average Bonchev–Trinajstić information content (AvgIpc) is 3.04. The summed E-state index contributed by atoms with van der Waals surface area (Å²) in [6, 6.07) is 9.15. The first-order valence-electron chi connectivity index (χ1n) is 7.87. The van der Waals surface area contributed by atoms with Crippen LogP contribution in [0.5, 0.6) is 0 Å². The molecule has 1 aromatic carbocycles. The maximum absolute atomic E-state index is 12.4. The normalized spacial score (nSPS) is 11.6. The van der Waals surface area contributed by atoms with Crippen molar-refractivity contribution >= 4 is 21.4 Å². The number of hydrogen-bond donors (Lipinski definition) is 1. The molecule has 1 N–H and O–H groups in total. The first kappa shape index (κ1) is 17.7. The minimum Gasteiger partial charge on any atom is -0.264 e. The quantitative estimate of drug-likeness (QED) is 0.719. The molecule has 0 spiro atoms. The molecule has 3 rings (SSSR count). The Hall–Kier alpha value is -2.09. The second-order valence-electron chi connectivity index (χ2n) is 5.80. The van der Waals surface area contributed by atoms with E-state index in [0.29, 0.717) is 17.9 Å². The van der Waals surface area contributed by atoms with Crippen molar-refractivity contribution in [3.05, 3.63) is 64.9 Å². The number of hydrogen-bond acceptors (Lipinski definition) is 5. The molecular weight excluding hydrogens is 354 g/mol. The van der Waals surface area contributed by atoms with E-state index >= 15 is 0 Å². The number of nitrogens with one attached hydrogen (secondary N) is 1. The molecule has 0 aliphatic heterocycles. The molecule has 0 aliphatic rings. The molecule has 0 fully saturated rings. The molecule has 3 aromatic rings. The molecular formula is C18H19N3O2S2. The summed E-state index contributed by atoms with van der Waals surface area (Å²) in [5.74, 6) is 0. The maximum Gasteiger partial charge on any atom is 0.240 e. The Morgan fingerprint density at radius 1 is 1.20 bits per heavy atom. The van der Waals surface area contributed by atoms with Crippen molar-refractivity contribution in [3.8, 4) is 10.6 Å². The van der Waals surface area contributed by atoms with Gasteiger partial charge in [0.05, 0.1) is 10.6 Å². The van der Waals surface area contributed by atoms with Gasteiger partial charge < -0.3 is 0 Å². The Morgan fingerprint density at radius 2 is 2.04 bits per heavy atom. The first-order valence-corrected chi connectivity index (χ1v) is 10.2. The fourth-order valence-corrected chi connectivity index (χ4v) is 4.64. The smallest absolute Gasteiger partial charge is 0.240 e. The van der Waals surface area contributed by atoms with E-state index in [9.17, 15) is 8.42 Å². The van der Waals surface area contributed by atoms with Crippen molar-refractivity contribution in [1.82, 2.24) is 14.7 Å². The van der Waals surface area contributed by atoms with Gasteiger partial charge in [-0.2, -0.15) is 0 Å². The number of rotatable bonds is 6. The molecule has 0 amide bonds. The lowest BCUT2D eigenvalue weighted by molar-refractivity contribution is 0.580. The number of nitrogens with zero attached hydrogens (tertiary/aromatic N) is 2. The SMILES string of the molecule is Cc1ccc(S(=O)(=O)NCCc2csc(-c3cccnc3)n2)c(C)c1. The number of sulfonamides is 1. The van der Waals surface area contributed by atoms with E-state index in [1.54, 1.807) is 18.5 Å². The monoisotopic (exact) mass is 373 g/mol. The lowest BCUT2D eigenvalue weighted by Gasteiger charge is -2.09. The standard InChI is InChI=1S/C18H19N3O2S2/c1-13-5-6-17(14(2)10-13)25(22,23)20-9-7-16-12-24-18(21-16)15-4-3-8-19-11-15/h3-6,8,10-12,20H,7,9H2,1-2H3. The Morgan fingerprint density at radius 3 is 2.76 bits per heavy atom. The van der Waals surface area contributed by atoms with Crippen LogP contribution in [0.2, 0.25) is 0 Å². The molecule has 25 heavy (non-hydrogen) atoms. The van der Waals surface area contributed by atoms with Gasteiger partial charge in [0.2, 0.25) is 10.0 Å². The van der Waals surface area contributed by atoms with Crippen LogP contribution in [0.3, 0.4) is 0 Å². The van der Waals surface area contributed by atoms with Gasteiger partial charge >= 0.3 is 0 Å². The van der Waals surface area contributed by atoms with Crippen molar-refractivity contribution in [2.45, 2.75) is 25.2 Å². The van der Waals surface area contributed by atoms with Crippen molar-refractivity contribution in [2.75, 3.05) is 6.54 Å². The van der Waals surface area contributed by atoms with Gasteiger partial charge in [0, 0.05) is 36.3 Å². The van der Waals surface area contributed by atoms with Gasteiger partial charge in [-0.05, 0) is 37.6 Å². The third-order valence-corrected chi connectivity index (χ3v) is 6.31. The Kier molecular flexibility index (Phi) is 5.27. The predicted molar refractivity (Wildman–Crippen MR) is 100 cm³/mol. The number of aromatic nitrogens is 2. The minimum atomic E-state index is -3.51. The molecule has 0 unspecified atom stereocenters. The lowest BCUT2D eigenvalue weighted by atomic mass is 10.2. The highest BCUT2D eigenvalue weighted by Gasteiger charge is 2.16. The van der Waals surface area contributed by atoms with Crippen molar-refractivity contribution in [1.29, 1.82) is 0 Å². The van der Waals surface area contributed by atoms with Crippen molar-refractivity contribution in [2.24, 2.45) is 0 Å². The van der Waals surface area contributed by atoms with Crippen LogP contribution < -0.4 is 4.72 Å². The zero-order chi connectivity index (χ0) is 17.9. The van der Waals surface area contributed by atoms with Gasteiger partial charge in [0.15, 0.2) is 0 Å². The summed E-state index contributed by atoms with van der Waals surface area (Å²) < 4.78 is 27.5.